The van der Waals surface area contributed by atoms with Crippen LogP contribution in [0, 0.1) is 0 Å². The van der Waals surface area contributed by atoms with Gasteiger partial charge in [0, 0.05) is 11.8 Å². The molecule has 1 heterocycles. The number of rotatable bonds is 1. The third-order valence-electron chi connectivity index (χ3n) is 1.38. The van der Waals surface area contributed by atoms with Gasteiger partial charge in [-0.25, -0.2) is 0 Å². The number of H-pyrrole nitrogens is 1. The second kappa shape index (κ2) is 2.64. The van der Waals surface area contributed by atoms with Gasteiger partial charge in [-0.1, -0.05) is 13.8 Å². The number of hydrogen-bond acceptors (Lipinski definition) is 2. The lowest BCUT2D eigenvalue weighted by Gasteiger charge is -2.00. The molecule has 54 valence electrons. The van der Waals surface area contributed by atoms with Gasteiger partial charge >= 0.3 is 0 Å². The third kappa shape index (κ3) is 1.23. The zero-order valence-corrected chi connectivity index (χ0v) is 6.09. The largest absolute Gasteiger partial charge is 0.288 e. The molecule has 0 amide bonds. The monoisotopic (exact) mass is 138 g/mol. The second-order valence-electron chi connectivity index (χ2n) is 2.51. The molecule has 1 aromatic heterocycles. The summed E-state index contributed by atoms with van der Waals surface area (Å²) in [6, 6.07) is 0. The second-order valence-corrected chi connectivity index (χ2v) is 2.51. The lowest BCUT2D eigenvalue weighted by molar-refractivity contribution is 0.828. The Hall–Kier alpha value is -1.12. The van der Waals surface area contributed by atoms with Crippen LogP contribution in [0.3, 0.4) is 0 Å². The van der Waals surface area contributed by atoms with Crippen LogP contribution in [-0.2, 0) is 0 Å². The summed E-state index contributed by atoms with van der Waals surface area (Å²) in [5.41, 5.74) is 0.795. The summed E-state index contributed by atoms with van der Waals surface area (Å²) in [5.74, 6) is 0.270. The van der Waals surface area contributed by atoms with Crippen LogP contribution in [0.2, 0.25) is 0 Å². The van der Waals surface area contributed by atoms with Gasteiger partial charge in [-0.05, 0) is 5.92 Å². The zero-order valence-electron chi connectivity index (χ0n) is 6.09. The first-order valence-corrected chi connectivity index (χ1v) is 3.25. The van der Waals surface area contributed by atoms with Crippen LogP contribution in [0.4, 0.5) is 0 Å². The average molecular weight is 138 g/mol. The number of hydrogen-bond donors (Lipinski definition) is 1. The van der Waals surface area contributed by atoms with Gasteiger partial charge in [-0.2, -0.15) is 5.10 Å². The predicted octanol–water partition coefficient (Wildman–Crippen LogP) is 0.893. The Bertz CT molecular complexity index is 264. The van der Waals surface area contributed by atoms with E-state index in [1.165, 1.54) is 6.20 Å². The highest BCUT2D eigenvalue weighted by Crippen LogP contribution is 2.05. The molecular formula is C7H10N2O. The van der Waals surface area contributed by atoms with Crippen molar-refractivity contribution in [3.8, 4) is 0 Å². The van der Waals surface area contributed by atoms with E-state index in [1.54, 1.807) is 6.20 Å². The molecule has 3 nitrogen and oxygen atoms in total. The molecule has 0 atom stereocenters. The minimum absolute atomic E-state index is 0.00810. The van der Waals surface area contributed by atoms with Gasteiger partial charge in [0.25, 0.3) is 0 Å². The van der Waals surface area contributed by atoms with Crippen molar-refractivity contribution < 1.29 is 0 Å². The van der Waals surface area contributed by atoms with Crippen molar-refractivity contribution in [2.75, 3.05) is 0 Å². The van der Waals surface area contributed by atoms with Crippen LogP contribution in [0.1, 0.15) is 25.3 Å². The van der Waals surface area contributed by atoms with Gasteiger partial charge < -0.3 is 0 Å². The first kappa shape index (κ1) is 6.99. The fraction of sp³-hybridized carbons (Fsp3) is 0.429. The molecule has 1 rings (SSSR count). The van der Waals surface area contributed by atoms with Crippen LogP contribution < -0.4 is 5.43 Å². The molecule has 1 aromatic rings. The van der Waals surface area contributed by atoms with E-state index in [4.69, 9.17) is 0 Å². The summed E-state index contributed by atoms with van der Waals surface area (Å²) in [6.07, 6.45) is 2.95. The molecule has 10 heavy (non-hydrogen) atoms. The van der Waals surface area contributed by atoms with Crippen LogP contribution in [0.5, 0.6) is 0 Å². The Morgan fingerprint density at radius 1 is 1.60 bits per heavy atom. The van der Waals surface area contributed by atoms with Crippen molar-refractivity contribution >= 4 is 0 Å². The van der Waals surface area contributed by atoms with Crippen LogP contribution in [0.15, 0.2) is 17.2 Å². The Labute approximate surface area is 59.1 Å². The first-order chi connectivity index (χ1) is 4.72. The van der Waals surface area contributed by atoms with Gasteiger partial charge in [0.05, 0.1) is 6.20 Å². The molecule has 0 aliphatic carbocycles. The van der Waals surface area contributed by atoms with E-state index in [0.717, 1.165) is 5.56 Å². The van der Waals surface area contributed by atoms with Gasteiger partial charge in [0.2, 0.25) is 5.43 Å². The number of nitrogens with zero attached hydrogens (tertiary/aromatic N) is 1. The summed E-state index contributed by atoms with van der Waals surface area (Å²) in [5, 5.41) is 6.22. The maximum atomic E-state index is 11.0. The molecular weight excluding hydrogens is 128 g/mol. The van der Waals surface area contributed by atoms with Crippen molar-refractivity contribution in [2.24, 2.45) is 0 Å². The maximum Gasteiger partial charge on any atom is 0.203 e. The minimum Gasteiger partial charge on any atom is -0.288 e. The zero-order chi connectivity index (χ0) is 7.56. The summed E-state index contributed by atoms with van der Waals surface area (Å²) >= 11 is 0. The molecule has 0 unspecified atom stereocenters. The SMILES string of the molecule is CC(C)c1c[nH]ncc1=O. The lowest BCUT2D eigenvalue weighted by Crippen LogP contribution is -2.10. The Kier molecular flexibility index (Phi) is 1.85. The standard InChI is InChI=1S/C7H10N2O/c1-5(2)6-3-8-9-4-7(6)10/h3-5H,1-2H3,(H,8,10). The highest BCUT2D eigenvalue weighted by molar-refractivity contribution is 5.10. The third-order valence-corrected chi connectivity index (χ3v) is 1.38. The molecule has 1 N–H and O–H groups in total. The summed E-state index contributed by atoms with van der Waals surface area (Å²) in [4.78, 5) is 11.0. The Morgan fingerprint density at radius 2 is 2.30 bits per heavy atom. The normalized spacial score (nSPS) is 10.3. The molecule has 0 aliphatic rings. The Balaban J connectivity index is 3.16. The van der Waals surface area contributed by atoms with Crippen molar-refractivity contribution in [3.05, 3.63) is 28.2 Å². The summed E-state index contributed by atoms with van der Waals surface area (Å²) in [6.45, 7) is 3.95. The molecule has 0 aliphatic heterocycles. The fourth-order valence-corrected chi connectivity index (χ4v) is 0.800. The summed E-state index contributed by atoms with van der Waals surface area (Å²) < 4.78 is 0. The molecule has 0 spiro atoms. The molecule has 0 saturated carbocycles. The maximum absolute atomic E-state index is 11.0. The highest BCUT2D eigenvalue weighted by atomic mass is 16.1. The van der Waals surface area contributed by atoms with Crippen molar-refractivity contribution in [1.82, 2.24) is 10.2 Å². The van der Waals surface area contributed by atoms with Crippen molar-refractivity contribution in [1.29, 1.82) is 0 Å². The molecule has 0 saturated heterocycles. The van der Waals surface area contributed by atoms with E-state index >= 15 is 0 Å². The van der Waals surface area contributed by atoms with Crippen molar-refractivity contribution in [3.63, 3.8) is 0 Å². The first-order valence-electron chi connectivity index (χ1n) is 3.25. The van der Waals surface area contributed by atoms with Crippen molar-refractivity contribution in [2.45, 2.75) is 19.8 Å². The fourth-order valence-electron chi connectivity index (χ4n) is 0.800. The average Bonchev–Trinajstić information content (AvgIpc) is 1.88. The highest BCUT2D eigenvalue weighted by Gasteiger charge is 2.01. The van der Waals surface area contributed by atoms with E-state index in [2.05, 4.69) is 10.2 Å². The number of aromatic amines is 1. The topological polar surface area (TPSA) is 45.8 Å². The quantitative estimate of drug-likeness (QED) is 0.626. The molecule has 0 fully saturated rings. The van der Waals surface area contributed by atoms with Gasteiger partial charge in [0.1, 0.15) is 0 Å². The van der Waals surface area contributed by atoms with Crippen LogP contribution >= 0.6 is 0 Å². The molecule has 0 aromatic carbocycles. The van der Waals surface area contributed by atoms with Crippen LogP contribution in [0.25, 0.3) is 0 Å². The summed E-state index contributed by atoms with van der Waals surface area (Å²) in [7, 11) is 0. The smallest absolute Gasteiger partial charge is 0.203 e. The van der Waals surface area contributed by atoms with Gasteiger partial charge in [0.15, 0.2) is 0 Å². The molecule has 0 bridgehead atoms. The number of nitrogens with one attached hydrogen (secondary N) is 1. The number of aromatic nitrogens is 2. The van der Waals surface area contributed by atoms with E-state index in [-0.39, 0.29) is 11.3 Å². The lowest BCUT2D eigenvalue weighted by atomic mass is 10.1. The predicted molar refractivity (Wildman–Crippen MR) is 38.9 cm³/mol. The Morgan fingerprint density at radius 3 is 2.70 bits per heavy atom. The van der Waals surface area contributed by atoms with E-state index in [0.29, 0.717) is 0 Å². The molecule has 3 heteroatoms. The minimum atomic E-state index is 0.00810. The molecule has 0 radical (unpaired) electrons. The van der Waals surface area contributed by atoms with Gasteiger partial charge in [-0.3, -0.25) is 9.89 Å². The van der Waals surface area contributed by atoms with Gasteiger partial charge in [-0.15, -0.1) is 0 Å². The van der Waals surface area contributed by atoms with E-state index in [9.17, 15) is 4.79 Å². The van der Waals surface area contributed by atoms with E-state index < -0.39 is 0 Å². The van der Waals surface area contributed by atoms with Crippen LogP contribution in [-0.4, -0.2) is 10.2 Å². The van der Waals surface area contributed by atoms with E-state index in [1.807, 2.05) is 13.8 Å².